The highest BCUT2D eigenvalue weighted by atomic mass is 16.4. The summed E-state index contributed by atoms with van der Waals surface area (Å²) in [5.74, 6) is -0.741. The topological polar surface area (TPSA) is 37.3 Å². The van der Waals surface area contributed by atoms with Gasteiger partial charge in [-0.05, 0) is 26.2 Å². The number of carboxylic acid groups (broad SMARTS) is 1. The number of hydrogen-bond donors (Lipinski definition) is 1. The third kappa shape index (κ3) is 2.06. The maximum Gasteiger partial charge on any atom is 0.307 e. The summed E-state index contributed by atoms with van der Waals surface area (Å²) in [6, 6.07) is 0. The molecule has 0 aliphatic heterocycles. The number of hydrogen-bond acceptors (Lipinski definition) is 1. The number of carboxylic acids is 1. The molecule has 1 rings (SSSR count). The van der Waals surface area contributed by atoms with Crippen molar-refractivity contribution in [1.82, 2.24) is 0 Å². The Labute approximate surface area is 85.3 Å². The number of aliphatic carboxylic acids is 1. The summed E-state index contributed by atoms with van der Waals surface area (Å²) in [6.45, 7) is 7.95. The van der Waals surface area contributed by atoms with Gasteiger partial charge >= 0.3 is 5.97 Å². The summed E-state index contributed by atoms with van der Waals surface area (Å²) < 4.78 is 0. The molecule has 1 aliphatic rings. The zero-order chi connectivity index (χ0) is 10.8. The van der Waals surface area contributed by atoms with Crippen LogP contribution in [0.2, 0.25) is 0 Å². The summed E-state index contributed by atoms with van der Waals surface area (Å²) in [4.78, 5) is 10.7. The van der Waals surface area contributed by atoms with Crippen LogP contribution in [0.5, 0.6) is 0 Å². The Bertz CT molecular complexity index is 289. The first kappa shape index (κ1) is 11.0. The number of rotatable bonds is 3. The van der Waals surface area contributed by atoms with Crippen LogP contribution >= 0.6 is 0 Å². The minimum atomic E-state index is -0.741. The van der Waals surface area contributed by atoms with Crippen molar-refractivity contribution in [3.8, 4) is 0 Å². The van der Waals surface area contributed by atoms with E-state index >= 15 is 0 Å². The summed E-state index contributed by atoms with van der Waals surface area (Å²) >= 11 is 0. The summed E-state index contributed by atoms with van der Waals surface area (Å²) in [5, 5.41) is 8.84. The predicted octanol–water partition coefficient (Wildman–Crippen LogP) is 3.15. The second kappa shape index (κ2) is 3.99. The van der Waals surface area contributed by atoms with E-state index in [2.05, 4.69) is 13.5 Å². The van der Waals surface area contributed by atoms with E-state index in [9.17, 15) is 4.79 Å². The zero-order valence-corrected chi connectivity index (χ0v) is 8.97. The molecular formula is C12H18O2. The molecule has 78 valence electrons. The fourth-order valence-electron chi connectivity index (χ4n) is 2.24. The van der Waals surface area contributed by atoms with Gasteiger partial charge in [-0.2, -0.15) is 0 Å². The molecular weight excluding hydrogens is 176 g/mol. The third-order valence-electron chi connectivity index (χ3n) is 3.23. The fourth-order valence-corrected chi connectivity index (χ4v) is 2.24. The molecule has 0 saturated carbocycles. The van der Waals surface area contributed by atoms with Gasteiger partial charge in [0.15, 0.2) is 0 Å². The minimum Gasteiger partial charge on any atom is -0.481 e. The first-order valence-electron chi connectivity index (χ1n) is 5.04. The van der Waals surface area contributed by atoms with E-state index in [1.54, 1.807) is 0 Å². The van der Waals surface area contributed by atoms with Crippen molar-refractivity contribution in [2.45, 2.75) is 39.5 Å². The quantitative estimate of drug-likeness (QED) is 0.701. The molecule has 2 heteroatoms. The van der Waals surface area contributed by atoms with Crippen molar-refractivity contribution in [3.63, 3.8) is 0 Å². The van der Waals surface area contributed by atoms with Crippen LogP contribution in [0.15, 0.2) is 23.8 Å². The molecule has 0 unspecified atom stereocenters. The molecule has 0 heterocycles. The van der Waals surface area contributed by atoms with Crippen LogP contribution in [0.1, 0.15) is 39.5 Å². The van der Waals surface area contributed by atoms with E-state index in [-0.39, 0.29) is 11.8 Å². The molecule has 0 bridgehead atoms. The van der Waals surface area contributed by atoms with Crippen LogP contribution in [0.25, 0.3) is 0 Å². The van der Waals surface area contributed by atoms with Crippen molar-refractivity contribution >= 4 is 5.97 Å². The van der Waals surface area contributed by atoms with Gasteiger partial charge in [0.1, 0.15) is 0 Å². The second-order valence-corrected chi connectivity index (χ2v) is 4.30. The van der Waals surface area contributed by atoms with Crippen molar-refractivity contribution in [2.75, 3.05) is 0 Å². The van der Waals surface area contributed by atoms with E-state index in [4.69, 9.17) is 5.11 Å². The Balaban J connectivity index is 3.02. The average molecular weight is 194 g/mol. The van der Waals surface area contributed by atoms with Crippen LogP contribution in [-0.4, -0.2) is 11.1 Å². The highest BCUT2D eigenvalue weighted by Crippen LogP contribution is 2.42. The normalized spacial score (nSPS) is 27.6. The molecule has 0 fully saturated rings. The molecule has 0 aromatic rings. The maximum absolute atomic E-state index is 10.7. The predicted molar refractivity (Wildman–Crippen MR) is 57.1 cm³/mol. The smallest absolute Gasteiger partial charge is 0.307 e. The summed E-state index contributed by atoms with van der Waals surface area (Å²) in [6.07, 6.45) is 5.25. The molecule has 0 aromatic heterocycles. The average Bonchev–Trinajstić information content (AvgIpc) is 2.12. The summed E-state index contributed by atoms with van der Waals surface area (Å²) in [5.41, 5.74) is 2.20. The largest absolute Gasteiger partial charge is 0.481 e. The summed E-state index contributed by atoms with van der Waals surface area (Å²) in [7, 11) is 0. The lowest BCUT2D eigenvalue weighted by atomic mass is 9.70. The van der Waals surface area contributed by atoms with Gasteiger partial charge in [0.05, 0.1) is 6.42 Å². The molecule has 1 aliphatic carbocycles. The highest BCUT2D eigenvalue weighted by molar-refractivity contribution is 5.71. The third-order valence-corrected chi connectivity index (χ3v) is 3.23. The highest BCUT2D eigenvalue weighted by Gasteiger charge is 2.31. The van der Waals surface area contributed by atoms with Crippen LogP contribution in [0, 0.1) is 5.41 Å². The van der Waals surface area contributed by atoms with Crippen LogP contribution in [0.4, 0.5) is 0 Å². The Kier molecular flexibility index (Phi) is 3.14. The fraction of sp³-hybridized carbons (Fsp3) is 0.583. The van der Waals surface area contributed by atoms with Gasteiger partial charge in [0.25, 0.3) is 0 Å². The first-order valence-corrected chi connectivity index (χ1v) is 5.04. The van der Waals surface area contributed by atoms with Gasteiger partial charge in [0, 0.05) is 5.41 Å². The molecule has 0 aromatic carbocycles. The molecule has 1 atom stereocenters. The lowest BCUT2D eigenvalue weighted by Gasteiger charge is -2.34. The van der Waals surface area contributed by atoms with Gasteiger partial charge in [0.2, 0.25) is 0 Å². The van der Waals surface area contributed by atoms with Gasteiger partial charge < -0.3 is 5.11 Å². The Morgan fingerprint density at radius 3 is 2.86 bits per heavy atom. The second-order valence-electron chi connectivity index (χ2n) is 4.30. The minimum absolute atomic E-state index is 0.0965. The van der Waals surface area contributed by atoms with Crippen molar-refractivity contribution in [1.29, 1.82) is 0 Å². The molecule has 0 saturated heterocycles. The van der Waals surface area contributed by atoms with Crippen LogP contribution in [0.3, 0.4) is 0 Å². The van der Waals surface area contributed by atoms with Gasteiger partial charge in [-0.1, -0.05) is 24.1 Å². The Morgan fingerprint density at radius 1 is 1.71 bits per heavy atom. The number of allylic oxidation sites excluding steroid dienone is 2. The molecule has 0 radical (unpaired) electrons. The van der Waals surface area contributed by atoms with E-state index in [0.717, 1.165) is 24.8 Å². The Hall–Kier alpha value is -1.05. The molecule has 0 amide bonds. The SMILES string of the molecule is C=C[C@@]1(C)CCCC(C)=C1CC(=O)O. The lowest BCUT2D eigenvalue weighted by molar-refractivity contribution is -0.136. The Morgan fingerprint density at radius 2 is 2.36 bits per heavy atom. The molecule has 0 spiro atoms. The van der Waals surface area contributed by atoms with E-state index in [1.807, 2.05) is 13.0 Å². The monoisotopic (exact) mass is 194 g/mol. The zero-order valence-electron chi connectivity index (χ0n) is 8.97. The van der Waals surface area contributed by atoms with E-state index in [0.29, 0.717) is 0 Å². The standard InChI is InChI=1S/C12H18O2/c1-4-12(3)7-5-6-9(2)10(12)8-11(13)14/h4H,1,5-8H2,2-3H3,(H,13,14)/t12-/m0/s1. The van der Waals surface area contributed by atoms with Crippen LogP contribution in [-0.2, 0) is 4.79 Å². The molecule has 1 N–H and O–H groups in total. The van der Waals surface area contributed by atoms with Gasteiger partial charge in [-0.25, -0.2) is 0 Å². The van der Waals surface area contributed by atoms with E-state index in [1.165, 1.54) is 5.57 Å². The maximum atomic E-state index is 10.7. The first-order chi connectivity index (χ1) is 6.49. The van der Waals surface area contributed by atoms with Crippen molar-refractivity contribution in [2.24, 2.45) is 5.41 Å². The van der Waals surface area contributed by atoms with Crippen LogP contribution < -0.4 is 0 Å². The van der Waals surface area contributed by atoms with Crippen molar-refractivity contribution < 1.29 is 9.90 Å². The molecule has 14 heavy (non-hydrogen) atoms. The van der Waals surface area contributed by atoms with Gasteiger partial charge in [-0.15, -0.1) is 6.58 Å². The van der Waals surface area contributed by atoms with Gasteiger partial charge in [-0.3, -0.25) is 4.79 Å². The van der Waals surface area contributed by atoms with Crippen molar-refractivity contribution in [3.05, 3.63) is 23.8 Å². The number of carbonyl (C=O) groups is 1. The van der Waals surface area contributed by atoms with E-state index < -0.39 is 5.97 Å². The lowest BCUT2D eigenvalue weighted by Crippen LogP contribution is -2.23. The molecule has 2 nitrogen and oxygen atoms in total.